The van der Waals surface area contributed by atoms with Gasteiger partial charge in [-0.15, -0.1) is 0 Å². The maximum absolute atomic E-state index is 13.9. The van der Waals surface area contributed by atoms with Crippen LogP contribution in [-0.2, 0) is 13.6 Å². The lowest BCUT2D eigenvalue weighted by molar-refractivity contribution is 0.102. The van der Waals surface area contributed by atoms with Gasteiger partial charge < -0.3 is 5.32 Å². The molecule has 1 aliphatic rings. The summed E-state index contributed by atoms with van der Waals surface area (Å²) in [6, 6.07) is 9.07. The van der Waals surface area contributed by atoms with Gasteiger partial charge in [-0.05, 0) is 48.7 Å². The van der Waals surface area contributed by atoms with Crippen molar-refractivity contribution < 1.29 is 13.6 Å². The summed E-state index contributed by atoms with van der Waals surface area (Å²) < 4.78 is 29.4. The van der Waals surface area contributed by atoms with Crippen LogP contribution in [0.4, 0.5) is 14.5 Å². The first kappa shape index (κ1) is 20.9. The molecule has 31 heavy (non-hydrogen) atoms. The molecule has 1 N–H and O–H groups in total. The zero-order valence-corrected chi connectivity index (χ0v) is 17.4. The van der Waals surface area contributed by atoms with Gasteiger partial charge in [-0.3, -0.25) is 19.4 Å². The van der Waals surface area contributed by atoms with Crippen molar-refractivity contribution in [1.82, 2.24) is 19.7 Å². The quantitative estimate of drug-likeness (QED) is 0.673. The molecule has 0 bridgehead atoms. The van der Waals surface area contributed by atoms with Gasteiger partial charge in [0.15, 0.2) is 5.69 Å². The van der Waals surface area contributed by atoms with Gasteiger partial charge in [0.25, 0.3) is 5.91 Å². The zero-order chi connectivity index (χ0) is 22.0. The van der Waals surface area contributed by atoms with Gasteiger partial charge >= 0.3 is 0 Å². The number of aromatic nitrogens is 3. The van der Waals surface area contributed by atoms with E-state index in [4.69, 9.17) is 0 Å². The Bertz CT molecular complexity index is 1120. The average molecular weight is 423 g/mol. The third-order valence-electron chi connectivity index (χ3n) is 5.45. The van der Waals surface area contributed by atoms with Crippen LogP contribution >= 0.6 is 0 Å². The topological polar surface area (TPSA) is 63.1 Å². The van der Waals surface area contributed by atoms with Crippen LogP contribution in [0.1, 0.15) is 35.1 Å². The molecule has 0 aliphatic carbocycles. The lowest BCUT2D eigenvalue weighted by Gasteiger charge is -2.30. The van der Waals surface area contributed by atoms with Crippen molar-refractivity contribution in [3.8, 4) is 0 Å². The minimum atomic E-state index is -0.832. The van der Waals surface area contributed by atoms with E-state index in [1.54, 1.807) is 24.0 Å². The summed E-state index contributed by atoms with van der Waals surface area (Å²) in [7, 11) is 1.76. The monoisotopic (exact) mass is 423 g/mol. The Morgan fingerprint density at radius 3 is 2.68 bits per heavy atom. The molecule has 160 valence electrons. The van der Waals surface area contributed by atoms with E-state index in [0.29, 0.717) is 6.54 Å². The van der Waals surface area contributed by atoms with Crippen molar-refractivity contribution in [2.24, 2.45) is 7.05 Å². The van der Waals surface area contributed by atoms with Gasteiger partial charge in [0.05, 0.1) is 5.69 Å². The fourth-order valence-electron chi connectivity index (χ4n) is 3.75. The molecule has 3 heterocycles. The number of benzene rings is 1. The Morgan fingerprint density at radius 2 is 1.97 bits per heavy atom. The Morgan fingerprint density at radius 1 is 1.19 bits per heavy atom. The number of hydrogen-bond donors (Lipinski definition) is 1. The number of amides is 1. The second-order valence-corrected chi connectivity index (χ2v) is 7.67. The van der Waals surface area contributed by atoms with Crippen LogP contribution in [0.2, 0.25) is 0 Å². The molecule has 8 heteroatoms. The van der Waals surface area contributed by atoms with Gasteiger partial charge in [-0.1, -0.05) is 17.7 Å². The first-order chi connectivity index (χ1) is 14.9. The standard InChI is InChI=1S/C23H23F2N5O/c1-15-8-10-30(13-16-5-4-9-26-12-16)14-17(15)21-11-20(28-29(21)2)23(31)27-22-18(24)6-3-7-19(22)25/h3-7,9,11-12H,8,10,13-14H2,1-2H3,(H,27,31). The molecule has 1 aliphatic heterocycles. The van der Waals surface area contributed by atoms with Crippen LogP contribution in [0.25, 0.3) is 5.57 Å². The van der Waals surface area contributed by atoms with Crippen molar-refractivity contribution in [2.75, 3.05) is 18.4 Å². The highest BCUT2D eigenvalue weighted by atomic mass is 19.1. The van der Waals surface area contributed by atoms with Crippen LogP contribution in [0.5, 0.6) is 0 Å². The molecule has 6 nitrogen and oxygen atoms in total. The van der Waals surface area contributed by atoms with E-state index in [2.05, 4.69) is 27.2 Å². The average Bonchev–Trinajstić information content (AvgIpc) is 3.14. The number of aryl methyl sites for hydroxylation is 1. The third kappa shape index (κ3) is 4.54. The predicted octanol–water partition coefficient (Wildman–Crippen LogP) is 4.03. The van der Waals surface area contributed by atoms with E-state index < -0.39 is 23.2 Å². The molecule has 0 radical (unpaired) electrons. The summed E-state index contributed by atoms with van der Waals surface area (Å²) in [5, 5.41) is 6.57. The normalized spacial score (nSPS) is 14.7. The fourth-order valence-corrected chi connectivity index (χ4v) is 3.75. The van der Waals surface area contributed by atoms with Crippen LogP contribution < -0.4 is 5.32 Å². The molecule has 0 saturated carbocycles. The second kappa shape index (κ2) is 8.77. The first-order valence-corrected chi connectivity index (χ1v) is 10.0. The molecule has 4 rings (SSSR count). The van der Waals surface area contributed by atoms with Gasteiger partial charge in [0.2, 0.25) is 0 Å². The summed E-state index contributed by atoms with van der Waals surface area (Å²) in [5.74, 6) is -2.32. The smallest absolute Gasteiger partial charge is 0.276 e. The van der Waals surface area contributed by atoms with E-state index in [0.717, 1.165) is 48.5 Å². The highest BCUT2D eigenvalue weighted by Crippen LogP contribution is 2.28. The number of carbonyl (C=O) groups is 1. The summed E-state index contributed by atoms with van der Waals surface area (Å²) in [6.07, 6.45) is 4.52. The lowest BCUT2D eigenvalue weighted by Crippen LogP contribution is -2.31. The van der Waals surface area contributed by atoms with E-state index in [1.807, 2.05) is 18.3 Å². The number of para-hydroxylation sites is 1. The molecular weight excluding hydrogens is 400 g/mol. The molecule has 0 fully saturated rings. The first-order valence-electron chi connectivity index (χ1n) is 10.0. The third-order valence-corrected chi connectivity index (χ3v) is 5.45. The summed E-state index contributed by atoms with van der Waals surface area (Å²) in [6.45, 7) is 4.51. The molecule has 0 spiro atoms. The highest BCUT2D eigenvalue weighted by molar-refractivity contribution is 6.03. The number of nitrogens with zero attached hydrogens (tertiary/aromatic N) is 4. The second-order valence-electron chi connectivity index (χ2n) is 7.67. The Balaban J connectivity index is 1.54. The van der Waals surface area contributed by atoms with E-state index in [1.165, 1.54) is 11.6 Å². The Labute approximate surface area is 179 Å². The van der Waals surface area contributed by atoms with Gasteiger partial charge in [0.1, 0.15) is 17.3 Å². The van der Waals surface area contributed by atoms with Gasteiger partial charge in [-0.25, -0.2) is 8.78 Å². The van der Waals surface area contributed by atoms with Crippen LogP contribution in [-0.4, -0.2) is 38.7 Å². The van der Waals surface area contributed by atoms with Gasteiger partial charge in [0, 0.05) is 39.1 Å². The van der Waals surface area contributed by atoms with E-state index in [-0.39, 0.29) is 5.69 Å². The molecule has 2 aromatic heterocycles. The summed E-state index contributed by atoms with van der Waals surface area (Å²) >= 11 is 0. The molecule has 0 unspecified atom stereocenters. The number of rotatable bonds is 5. The molecule has 1 amide bonds. The lowest BCUT2D eigenvalue weighted by atomic mass is 9.98. The molecule has 0 atom stereocenters. The minimum absolute atomic E-state index is 0.102. The highest BCUT2D eigenvalue weighted by Gasteiger charge is 2.23. The van der Waals surface area contributed by atoms with Crippen molar-refractivity contribution in [2.45, 2.75) is 19.9 Å². The van der Waals surface area contributed by atoms with Crippen molar-refractivity contribution >= 4 is 17.2 Å². The fraction of sp³-hybridized carbons (Fsp3) is 0.261. The van der Waals surface area contributed by atoms with Crippen molar-refractivity contribution in [1.29, 1.82) is 0 Å². The minimum Gasteiger partial charge on any atom is -0.316 e. The molecule has 0 saturated heterocycles. The Kier molecular flexibility index (Phi) is 5.90. The maximum Gasteiger partial charge on any atom is 0.276 e. The number of hydrogen-bond acceptors (Lipinski definition) is 4. The van der Waals surface area contributed by atoms with Crippen LogP contribution in [0, 0.1) is 11.6 Å². The molecule has 1 aromatic carbocycles. The number of halogens is 2. The number of pyridine rings is 1. The van der Waals surface area contributed by atoms with Crippen LogP contribution in [0.3, 0.4) is 0 Å². The summed E-state index contributed by atoms with van der Waals surface area (Å²) in [5.41, 5.74) is 3.91. The SMILES string of the molecule is CC1=C(c2cc(C(=O)Nc3c(F)cccc3F)nn2C)CN(Cc2cccnc2)CC1. The summed E-state index contributed by atoms with van der Waals surface area (Å²) in [4.78, 5) is 19.1. The maximum atomic E-state index is 13.9. The molecule has 3 aromatic rings. The van der Waals surface area contributed by atoms with Gasteiger partial charge in [-0.2, -0.15) is 5.10 Å². The van der Waals surface area contributed by atoms with Crippen LogP contribution in [0.15, 0.2) is 54.4 Å². The van der Waals surface area contributed by atoms with Crippen molar-refractivity contribution in [3.63, 3.8) is 0 Å². The zero-order valence-electron chi connectivity index (χ0n) is 17.4. The Hall–Kier alpha value is -3.39. The largest absolute Gasteiger partial charge is 0.316 e. The van der Waals surface area contributed by atoms with E-state index >= 15 is 0 Å². The van der Waals surface area contributed by atoms with E-state index in [9.17, 15) is 13.6 Å². The van der Waals surface area contributed by atoms with Crippen molar-refractivity contribution in [3.05, 3.63) is 83.0 Å². The predicted molar refractivity (Wildman–Crippen MR) is 114 cm³/mol. The molecular formula is C23H23F2N5O. The number of carbonyl (C=O) groups excluding carboxylic acids is 1. The number of anilines is 1. The number of nitrogens with one attached hydrogen (secondary N) is 1.